The van der Waals surface area contributed by atoms with E-state index in [0.29, 0.717) is 22.6 Å². The van der Waals surface area contributed by atoms with Gasteiger partial charge in [-0.25, -0.2) is 8.78 Å². The molecule has 0 aliphatic heterocycles. The van der Waals surface area contributed by atoms with Gasteiger partial charge in [-0.05, 0) is 54.1 Å². The summed E-state index contributed by atoms with van der Waals surface area (Å²) in [7, 11) is 0. The summed E-state index contributed by atoms with van der Waals surface area (Å²) in [5, 5.41) is 0. The van der Waals surface area contributed by atoms with Crippen LogP contribution in [0.4, 0.5) is 20.2 Å². The molecule has 0 aliphatic rings. The van der Waals surface area contributed by atoms with Crippen molar-refractivity contribution in [1.29, 1.82) is 0 Å². The summed E-state index contributed by atoms with van der Waals surface area (Å²) in [4.78, 5) is 16.2. The highest BCUT2D eigenvalue weighted by Gasteiger charge is 2.11. The molecule has 0 atom stereocenters. The van der Waals surface area contributed by atoms with E-state index in [2.05, 4.69) is 4.99 Å². The van der Waals surface area contributed by atoms with Gasteiger partial charge in [0, 0.05) is 28.6 Å². The number of aliphatic imine (C=N–C) groups is 1. The van der Waals surface area contributed by atoms with Gasteiger partial charge in [0.05, 0.1) is 0 Å². The number of nitrogens with two attached hydrogens (primary N) is 3. The highest BCUT2D eigenvalue weighted by molar-refractivity contribution is 6.11. The maximum Gasteiger partial charge on any atom is 0.279 e. The molecule has 0 radical (unpaired) electrons. The maximum absolute atomic E-state index is 13.3. The number of amidine groups is 1. The second-order valence-electron chi connectivity index (χ2n) is 6.24. The molecule has 29 heavy (non-hydrogen) atoms. The van der Waals surface area contributed by atoms with Crippen LogP contribution in [0, 0.1) is 11.6 Å². The van der Waals surface area contributed by atoms with E-state index in [-0.39, 0.29) is 23.7 Å². The number of halogens is 2. The van der Waals surface area contributed by atoms with E-state index in [1.807, 2.05) is 0 Å². The van der Waals surface area contributed by atoms with Gasteiger partial charge in [-0.2, -0.15) is 4.99 Å². The van der Waals surface area contributed by atoms with Crippen LogP contribution >= 0.6 is 0 Å². The minimum Gasteiger partial charge on any atom is -0.489 e. The third kappa shape index (κ3) is 5.07. The van der Waals surface area contributed by atoms with Crippen LogP contribution in [-0.2, 0) is 6.61 Å². The number of amides is 1. The quantitative estimate of drug-likeness (QED) is 0.348. The number of nitrogens with zero attached hydrogens (tertiary/aromatic N) is 1. The molecule has 0 aliphatic carbocycles. The van der Waals surface area contributed by atoms with Crippen molar-refractivity contribution in [3.63, 3.8) is 0 Å². The first-order valence-electron chi connectivity index (χ1n) is 8.53. The Morgan fingerprint density at radius 2 is 1.69 bits per heavy atom. The predicted octanol–water partition coefficient (Wildman–Crippen LogP) is 3.25. The molecule has 8 heteroatoms. The van der Waals surface area contributed by atoms with Crippen molar-refractivity contribution in [2.24, 2.45) is 10.7 Å². The van der Waals surface area contributed by atoms with Crippen molar-refractivity contribution in [1.82, 2.24) is 0 Å². The average Bonchev–Trinajstić information content (AvgIpc) is 2.66. The number of carbonyl (C=O) groups is 1. The van der Waals surface area contributed by atoms with Crippen molar-refractivity contribution >= 4 is 23.1 Å². The second-order valence-corrected chi connectivity index (χ2v) is 6.24. The zero-order valence-corrected chi connectivity index (χ0v) is 15.2. The van der Waals surface area contributed by atoms with Crippen molar-refractivity contribution in [2.75, 3.05) is 11.5 Å². The maximum atomic E-state index is 13.3. The molecule has 3 rings (SSSR count). The lowest BCUT2D eigenvalue weighted by molar-refractivity contribution is 0.100. The lowest BCUT2D eigenvalue weighted by atomic mass is 10.1. The molecule has 6 nitrogen and oxygen atoms in total. The molecule has 0 bridgehead atoms. The van der Waals surface area contributed by atoms with E-state index in [1.165, 1.54) is 30.3 Å². The smallest absolute Gasteiger partial charge is 0.279 e. The monoisotopic (exact) mass is 396 g/mol. The number of nitrogen functional groups attached to an aromatic ring is 2. The number of benzene rings is 3. The average molecular weight is 396 g/mol. The van der Waals surface area contributed by atoms with Gasteiger partial charge in [0.1, 0.15) is 29.8 Å². The van der Waals surface area contributed by atoms with Gasteiger partial charge in [0.25, 0.3) is 5.91 Å². The fourth-order valence-corrected chi connectivity index (χ4v) is 2.61. The van der Waals surface area contributed by atoms with Crippen LogP contribution in [0.25, 0.3) is 0 Å². The first-order chi connectivity index (χ1) is 13.8. The van der Waals surface area contributed by atoms with E-state index in [1.54, 1.807) is 24.3 Å². The lowest BCUT2D eigenvalue weighted by Crippen LogP contribution is -2.18. The highest BCUT2D eigenvalue weighted by Crippen LogP contribution is 2.21. The number of anilines is 2. The van der Waals surface area contributed by atoms with Gasteiger partial charge in [-0.1, -0.05) is 6.07 Å². The fourth-order valence-electron chi connectivity index (χ4n) is 2.61. The van der Waals surface area contributed by atoms with Crippen molar-refractivity contribution < 1.29 is 18.3 Å². The zero-order chi connectivity index (χ0) is 21.0. The second kappa shape index (κ2) is 8.39. The summed E-state index contributed by atoms with van der Waals surface area (Å²) in [6.07, 6.45) is 0. The third-order valence-corrected chi connectivity index (χ3v) is 3.98. The van der Waals surface area contributed by atoms with Crippen LogP contribution < -0.4 is 21.9 Å². The van der Waals surface area contributed by atoms with Crippen LogP contribution in [0.3, 0.4) is 0 Å². The van der Waals surface area contributed by atoms with Gasteiger partial charge in [-0.3, -0.25) is 4.79 Å². The number of rotatable bonds is 5. The van der Waals surface area contributed by atoms with Gasteiger partial charge in [0.15, 0.2) is 0 Å². The molecular weight excluding hydrogens is 378 g/mol. The molecule has 0 aromatic heterocycles. The van der Waals surface area contributed by atoms with Crippen LogP contribution in [0.5, 0.6) is 5.75 Å². The molecule has 3 aromatic rings. The summed E-state index contributed by atoms with van der Waals surface area (Å²) in [6.45, 7) is -0.0721. The van der Waals surface area contributed by atoms with Crippen LogP contribution in [0.15, 0.2) is 65.7 Å². The Balaban J connectivity index is 1.79. The molecule has 0 saturated carbocycles. The summed E-state index contributed by atoms with van der Waals surface area (Å²) >= 11 is 0. The Morgan fingerprint density at radius 1 is 0.966 bits per heavy atom. The Kier molecular flexibility index (Phi) is 5.73. The molecule has 0 unspecified atom stereocenters. The number of carbonyl (C=O) groups excluding carboxylic acids is 1. The molecule has 1 amide bonds. The molecular formula is C21H18F2N4O2. The summed E-state index contributed by atoms with van der Waals surface area (Å²) in [5.74, 6) is -1.72. The van der Waals surface area contributed by atoms with E-state index < -0.39 is 17.5 Å². The van der Waals surface area contributed by atoms with Crippen LogP contribution in [0.2, 0.25) is 0 Å². The number of ether oxygens (including phenoxy) is 1. The van der Waals surface area contributed by atoms with Gasteiger partial charge in [0.2, 0.25) is 0 Å². The third-order valence-electron chi connectivity index (χ3n) is 3.98. The molecule has 148 valence electrons. The van der Waals surface area contributed by atoms with Crippen LogP contribution in [0.1, 0.15) is 21.5 Å². The predicted molar refractivity (Wildman–Crippen MR) is 107 cm³/mol. The van der Waals surface area contributed by atoms with E-state index >= 15 is 0 Å². The van der Waals surface area contributed by atoms with E-state index in [9.17, 15) is 13.6 Å². The standard InChI is InChI=1S/C21H18F2N4O2/c22-14-6-12(7-15(23)9-14)11-29-17-4-5-19(25)18(10-17)20(26)27-21(28)13-2-1-3-16(24)8-13/h1-10H,11,24-25H2,(H2,26,27,28). The van der Waals surface area contributed by atoms with Gasteiger partial charge in [-0.15, -0.1) is 0 Å². The topological polar surface area (TPSA) is 117 Å². The van der Waals surface area contributed by atoms with Crippen molar-refractivity contribution in [2.45, 2.75) is 6.61 Å². The molecule has 0 fully saturated rings. The fraction of sp³-hybridized carbons (Fsp3) is 0.0476. The number of hydrogen-bond donors (Lipinski definition) is 3. The normalized spacial score (nSPS) is 11.3. The Labute approximate surface area is 165 Å². The summed E-state index contributed by atoms with van der Waals surface area (Å²) in [6, 6.07) is 14.0. The lowest BCUT2D eigenvalue weighted by Gasteiger charge is -2.10. The number of hydrogen-bond acceptors (Lipinski definition) is 4. The highest BCUT2D eigenvalue weighted by atomic mass is 19.1. The van der Waals surface area contributed by atoms with Crippen molar-refractivity contribution in [3.05, 3.63) is 89.0 Å². The van der Waals surface area contributed by atoms with Crippen LogP contribution in [-0.4, -0.2) is 11.7 Å². The van der Waals surface area contributed by atoms with Gasteiger partial charge < -0.3 is 21.9 Å². The largest absolute Gasteiger partial charge is 0.489 e. The minimum absolute atomic E-state index is 0.0721. The SMILES string of the molecule is NC(=NC(=O)c1cccc(N)c1)c1cc(OCc2cc(F)cc(F)c2)ccc1N. The summed E-state index contributed by atoms with van der Waals surface area (Å²) < 4.78 is 32.1. The summed E-state index contributed by atoms with van der Waals surface area (Å²) in [5.41, 5.74) is 19.2. The molecule has 0 saturated heterocycles. The molecule has 0 spiro atoms. The minimum atomic E-state index is -0.696. The molecule has 6 N–H and O–H groups in total. The van der Waals surface area contributed by atoms with Crippen molar-refractivity contribution in [3.8, 4) is 5.75 Å². The van der Waals surface area contributed by atoms with Gasteiger partial charge >= 0.3 is 0 Å². The Bertz CT molecular complexity index is 1080. The first-order valence-corrected chi connectivity index (χ1v) is 8.53. The first kappa shape index (κ1) is 19.8. The van der Waals surface area contributed by atoms with E-state index in [4.69, 9.17) is 21.9 Å². The molecule has 3 aromatic carbocycles. The Morgan fingerprint density at radius 3 is 2.38 bits per heavy atom. The van der Waals surface area contributed by atoms with E-state index in [0.717, 1.165) is 6.07 Å². The Hall–Kier alpha value is -3.94. The molecule has 0 heterocycles. The zero-order valence-electron chi connectivity index (χ0n) is 15.2.